The van der Waals surface area contributed by atoms with Crippen molar-refractivity contribution in [2.24, 2.45) is 0 Å². The second-order valence-electron chi connectivity index (χ2n) is 6.84. The van der Waals surface area contributed by atoms with Crippen LogP contribution >= 0.6 is 12.4 Å². The number of aromatic nitrogens is 2. The predicted molar refractivity (Wildman–Crippen MR) is 115 cm³/mol. The third kappa shape index (κ3) is 5.26. The Morgan fingerprint density at radius 2 is 1.93 bits per heavy atom. The molecular weight excluding hydrogens is 390 g/mol. The molecule has 1 aliphatic rings. The molecule has 8 heteroatoms. The molecule has 29 heavy (non-hydrogen) atoms. The van der Waals surface area contributed by atoms with Crippen molar-refractivity contribution in [3.05, 3.63) is 60.5 Å². The molecular formula is C21H26ClN5O2. The minimum Gasteiger partial charge on any atom is -0.463 e. The summed E-state index contributed by atoms with van der Waals surface area (Å²) in [5, 5.41) is 11.0. The van der Waals surface area contributed by atoms with Crippen LogP contribution in [-0.4, -0.2) is 59.9 Å². The molecule has 0 spiro atoms. The average Bonchev–Trinajstić information content (AvgIpc) is 3.42. The van der Waals surface area contributed by atoms with Crippen LogP contribution in [0.2, 0.25) is 0 Å². The average molecular weight is 416 g/mol. The van der Waals surface area contributed by atoms with E-state index in [4.69, 9.17) is 4.42 Å². The van der Waals surface area contributed by atoms with E-state index in [0.29, 0.717) is 23.7 Å². The maximum Gasteiger partial charge on any atom is 0.270 e. The molecule has 1 amide bonds. The number of hydrogen-bond donors (Lipinski definition) is 2. The van der Waals surface area contributed by atoms with Crippen LogP contribution in [0.4, 0.5) is 0 Å². The van der Waals surface area contributed by atoms with E-state index in [0.717, 1.165) is 44.8 Å². The lowest BCUT2D eigenvalue weighted by molar-refractivity contribution is 0.0943. The van der Waals surface area contributed by atoms with Gasteiger partial charge >= 0.3 is 0 Å². The summed E-state index contributed by atoms with van der Waals surface area (Å²) in [4.78, 5) is 15.3. The second kappa shape index (κ2) is 10.2. The van der Waals surface area contributed by atoms with Gasteiger partial charge in [-0.1, -0.05) is 18.2 Å². The van der Waals surface area contributed by atoms with Crippen LogP contribution in [0.5, 0.6) is 0 Å². The molecule has 0 radical (unpaired) electrons. The summed E-state index contributed by atoms with van der Waals surface area (Å²) in [5.41, 5.74) is 1.98. The molecule has 2 aromatic heterocycles. The van der Waals surface area contributed by atoms with E-state index in [-0.39, 0.29) is 18.3 Å². The zero-order valence-electron chi connectivity index (χ0n) is 16.2. The number of benzene rings is 1. The Labute approximate surface area is 176 Å². The van der Waals surface area contributed by atoms with Gasteiger partial charge in [0.1, 0.15) is 11.4 Å². The fraction of sp³-hybridized carbons (Fsp3) is 0.333. The van der Waals surface area contributed by atoms with Crippen LogP contribution in [-0.2, 0) is 0 Å². The largest absolute Gasteiger partial charge is 0.463 e. The first kappa shape index (κ1) is 21.1. The van der Waals surface area contributed by atoms with E-state index in [1.165, 1.54) is 0 Å². The number of para-hydroxylation sites is 1. The van der Waals surface area contributed by atoms with Crippen LogP contribution in [0, 0.1) is 0 Å². The van der Waals surface area contributed by atoms with Crippen LogP contribution in [0.3, 0.4) is 0 Å². The number of piperazine rings is 1. The fourth-order valence-corrected chi connectivity index (χ4v) is 3.38. The molecule has 3 heterocycles. The molecule has 2 N–H and O–H groups in total. The van der Waals surface area contributed by atoms with Crippen molar-refractivity contribution in [2.45, 2.75) is 6.42 Å². The number of furan rings is 1. The molecule has 1 aliphatic heterocycles. The molecule has 0 aliphatic carbocycles. The van der Waals surface area contributed by atoms with Crippen molar-refractivity contribution in [2.75, 3.05) is 39.3 Å². The van der Waals surface area contributed by atoms with Gasteiger partial charge in [-0.15, -0.1) is 12.4 Å². The molecule has 7 nitrogen and oxygen atoms in total. The van der Waals surface area contributed by atoms with Crippen molar-refractivity contribution < 1.29 is 9.21 Å². The first-order chi connectivity index (χ1) is 13.8. The summed E-state index contributed by atoms with van der Waals surface area (Å²) in [6.07, 6.45) is 2.53. The number of amides is 1. The molecule has 0 atom stereocenters. The normalized spacial score (nSPS) is 14.3. The Morgan fingerprint density at radius 1 is 1.14 bits per heavy atom. The van der Waals surface area contributed by atoms with Gasteiger partial charge in [0.25, 0.3) is 5.91 Å². The van der Waals surface area contributed by atoms with E-state index >= 15 is 0 Å². The van der Waals surface area contributed by atoms with Gasteiger partial charge in [0.05, 0.1) is 12.0 Å². The monoisotopic (exact) mass is 415 g/mol. The van der Waals surface area contributed by atoms with E-state index in [1.54, 1.807) is 17.0 Å². The third-order valence-electron chi connectivity index (χ3n) is 4.86. The van der Waals surface area contributed by atoms with Gasteiger partial charge in [-0.2, -0.15) is 5.10 Å². The molecule has 1 saturated heterocycles. The van der Waals surface area contributed by atoms with Crippen molar-refractivity contribution in [3.63, 3.8) is 0 Å². The van der Waals surface area contributed by atoms with Crippen LogP contribution < -0.4 is 10.6 Å². The Morgan fingerprint density at radius 3 is 2.66 bits per heavy atom. The lowest BCUT2D eigenvalue weighted by Crippen LogP contribution is -2.44. The fourth-order valence-electron chi connectivity index (χ4n) is 3.38. The lowest BCUT2D eigenvalue weighted by Gasteiger charge is -2.27. The van der Waals surface area contributed by atoms with Crippen LogP contribution in [0.25, 0.3) is 17.1 Å². The van der Waals surface area contributed by atoms with E-state index in [1.807, 2.05) is 42.5 Å². The maximum absolute atomic E-state index is 12.8. The third-order valence-corrected chi connectivity index (χ3v) is 4.86. The van der Waals surface area contributed by atoms with Crippen molar-refractivity contribution in [1.29, 1.82) is 0 Å². The van der Waals surface area contributed by atoms with Crippen molar-refractivity contribution in [1.82, 2.24) is 25.3 Å². The Kier molecular flexibility index (Phi) is 7.46. The number of nitrogens with zero attached hydrogens (tertiary/aromatic N) is 3. The van der Waals surface area contributed by atoms with Gasteiger partial charge in [0.2, 0.25) is 0 Å². The highest BCUT2D eigenvalue weighted by molar-refractivity contribution is 5.94. The minimum absolute atomic E-state index is 0. The first-order valence-corrected chi connectivity index (χ1v) is 9.72. The maximum atomic E-state index is 12.8. The smallest absolute Gasteiger partial charge is 0.270 e. The van der Waals surface area contributed by atoms with Crippen LogP contribution in [0.15, 0.2) is 59.2 Å². The van der Waals surface area contributed by atoms with Gasteiger partial charge in [-0.05, 0) is 37.2 Å². The number of halogens is 1. The van der Waals surface area contributed by atoms with Gasteiger partial charge in [0, 0.05) is 38.8 Å². The molecule has 0 unspecified atom stereocenters. The SMILES string of the molecule is Cl.O=C(NCCCN1CCNCC1)c1cc(-c2ccco2)nn1-c1ccccc1. The number of carbonyl (C=O) groups is 1. The minimum atomic E-state index is -0.130. The molecule has 1 fully saturated rings. The highest BCUT2D eigenvalue weighted by atomic mass is 35.5. The van der Waals surface area contributed by atoms with Gasteiger partial charge < -0.3 is 20.0 Å². The van der Waals surface area contributed by atoms with Gasteiger partial charge in [-0.3, -0.25) is 4.79 Å². The summed E-state index contributed by atoms with van der Waals surface area (Å²) in [7, 11) is 0. The Hall–Kier alpha value is -2.61. The highest BCUT2D eigenvalue weighted by Gasteiger charge is 2.18. The molecule has 1 aromatic carbocycles. The number of rotatable bonds is 7. The molecule has 0 saturated carbocycles. The Balaban J connectivity index is 0.00000240. The first-order valence-electron chi connectivity index (χ1n) is 9.72. The van der Waals surface area contributed by atoms with E-state index in [9.17, 15) is 4.79 Å². The molecule has 3 aromatic rings. The zero-order valence-corrected chi connectivity index (χ0v) is 17.0. The molecule has 0 bridgehead atoms. The lowest BCUT2D eigenvalue weighted by atomic mass is 10.2. The molecule has 154 valence electrons. The quantitative estimate of drug-likeness (QED) is 0.580. The number of hydrogen-bond acceptors (Lipinski definition) is 5. The standard InChI is InChI=1S/C21H25N5O2.ClH/c27-21(23-9-5-12-25-13-10-22-11-14-25)19-16-18(20-8-4-15-28-20)24-26(19)17-6-2-1-3-7-17;/h1-4,6-8,15-16,22H,5,9-14H2,(H,23,27);1H. The zero-order chi connectivity index (χ0) is 19.2. The van der Waals surface area contributed by atoms with Crippen molar-refractivity contribution in [3.8, 4) is 17.1 Å². The van der Waals surface area contributed by atoms with Gasteiger partial charge in [-0.25, -0.2) is 4.68 Å². The summed E-state index contributed by atoms with van der Waals surface area (Å²) >= 11 is 0. The van der Waals surface area contributed by atoms with Crippen LogP contribution in [0.1, 0.15) is 16.9 Å². The summed E-state index contributed by atoms with van der Waals surface area (Å²) in [5.74, 6) is 0.511. The predicted octanol–water partition coefficient (Wildman–Crippen LogP) is 2.58. The topological polar surface area (TPSA) is 75.3 Å². The van der Waals surface area contributed by atoms with Crippen molar-refractivity contribution >= 4 is 18.3 Å². The molecule has 4 rings (SSSR count). The van der Waals surface area contributed by atoms with E-state index < -0.39 is 0 Å². The number of carbonyl (C=O) groups excluding carboxylic acids is 1. The Bertz CT molecular complexity index is 889. The highest BCUT2D eigenvalue weighted by Crippen LogP contribution is 2.22. The summed E-state index contributed by atoms with van der Waals surface area (Å²) < 4.78 is 7.12. The summed E-state index contributed by atoms with van der Waals surface area (Å²) in [6, 6.07) is 15.1. The number of nitrogens with one attached hydrogen (secondary N) is 2. The second-order valence-corrected chi connectivity index (χ2v) is 6.84. The van der Waals surface area contributed by atoms with E-state index in [2.05, 4.69) is 20.6 Å². The van der Waals surface area contributed by atoms with Gasteiger partial charge in [0.15, 0.2) is 5.76 Å². The summed E-state index contributed by atoms with van der Waals surface area (Å²) in [6.45, 7) is 5.86.